The number of hydrogen-bond acceptors (Lipinski definition) is 5. The monoisotopic (exact) mass is 214 g/mol. The first kappa shape index (κ1) is 13.4. The van der Waals surface area contributed by atoms with Crippen molar-refractivity contribution in [1.82, 2.24) is 0 Å². The van der Waals surface area contributed by atoms with Crippen molar-refractivity contribution in [1.29, 1.82) is 0 Å². The number of methoxy groups -OCH3 is 2. The molecule has 0 saturated carbocycles. The molecule has 0 rings (SSSR count). The van der Waals surface area contributed by atoms with Gasteiger partial charge in [-0.1, -0.05) is 6.08 Å². The summed E-state index contributed by atoms with van der Waals surface area (Å²) in [4.78, 5) is 32.4. The highest BCUT2D eigenvalue weighted by atomic mass is 16.5. The minimum Gasteiger partial charge on any atom is -0.469 e. The molecule has 5 heteroatoms. The highest BCUT2D eigenvalue weighted by molar-refractivity contribution is 5.95. The molecule has 0 bridgehead atoms. The third-order valence-corrected chi connectivity index (χ3v) is 1.61. The van der Waals surface area contributed by atoms with Crippen LogP contribution in [-0.4, -0.2) is 31.9 Å². The van der Waals surface area contributed by atoms with E-state index >= 15 is 0 Å². The van der Waals surface area contributed by atoms with Crippen molar-refractivity contribution in [3.63, 3.8) is 0 Å². The van der Waals surface area contributed by atoms with Gasteiger partial charge in [0.15, 0.2) is 0 Å². The van der Waals surface area contributed by atoms with Gasteiger partial charge in [-0.3, -0.25) is 9.59 Å². The summed E-state index contributed by atoms with van der Waals surface area (Å²) >= 11 is 0. The van der Waals surface area contributed by atoms with Crippen molar-refractivity contribution in [3.05, 3.63) is 12.2 Å². The van der Waals surface area contributed by atoms with Crippen LogP contribution in [0.4, 0.5) is 0 Å². The lowest BCUT2D eigenvalue weighted by atomic mass is 10.1. The summed E-state index contributed by atoms with van der Waals surface area (Å²) in [6.07, 6.45) is 3.17. The van der Waals surface area contributed by atoms with Crippen molar-refractivity contribution in [2.45, 2.75) is 19.3 Å². The zero-order valence-corrected chi connectivity index (χ0v) is 8.82. The van der Waals surface area contributed by atoms with E-state index in [4.69, 9.17) is 0 Å². The van der Waals surface area contributed by atoms with Gasteiger partial charge in [-0.05, 0) is 6.42 Å². The van der Waals surface area contributed by atoms with E-state index in [1.165, 1.54) is 26.4 Å². The zero-order chi connectivity index (χ0) is 11.7. The summed E-state index contributed by atoms with van der Waals surface area (Å²) in [7, 11) is 2.50. The number of carbonyl (C=O) groups excluding carboxylic acids is 3. The standard InChI is InChI=1S/C10H14O5/c1-14-9(12)6-4-3-5-8(11)7-10(13)15-2/h4,6H,3,5,7H2,1-2H3/b6-4+. The molecule has 0 saturated heterocycles. The average molecular weight is 214 g/mol. The van der Waals surface area contributed by atoms with Crippen molar-refractivity contribution < 1.29 is 23.9 Å². The number of esters is 2. The maximum absolute atomic E-state index is 11.1. The molecule has 0 aromatic rings. The number of rotatable bonds is 6. The molecule has 0 spiro atoms. The molecule has 0 fully saturated rings. The molecule has 0 aliphatic heterocycles. The van der Waals surface area contributed by atoms with Crippen LogP contribution < -0.4 is 0 Å². The van der Waals surface area contributed by atoms with E-state index in [0.29, 0.717) is 6.42 Å². The fraction of sp³-hybridized carbons (Fsp3) is 0.500. The van der Waals surface area contributed by atoms with Gasteiger partial charge in [-0.15, -0.1) is 0 Å². The van der Waals surface area contributed by atoms with Gasteiger partial charge >= 0.3 is 11.9 Å². The zero-order valence-electron chi connectivity index (χ0n) is 8.82. The highest BCUT2D eigenvalue weighted by Gasteiger charge is 2.07. The SMILES string of the molecule is COC(=O)/C=C/CCC(=O)CC(=O)OC. The molecular weight excluding hydrogens is 200 g/mol. The second-order valence-corrected chi connectivity index (χ2v) is 2.76. The van der Waals surface area contributed by atoms with Gasteiger partial charge < -0.3 is 9.47 Å². The Bertz CT molecular complexity index is 267. The predicted molar refractivity (Wildman–Crippen MR) is 52.0 cm³/mol. The number of ether oxygens (including phenoxy) is 2. The van der Waals surface area contributed by atoms with E-state index in [-0.39, 0.29) is 18.6 Å². The van der Waals surface area contributed by atoms with Gasteiger partial charge in [-0.25, -0.2) is 4.79 Å². The van der Waals surface area contributed by atoms with Crippen LogP contribution in [0.2, 0.25) is 0 Å². The number of carbonyl (C=O) groups is 3. The van der Waals surface area contributed by atoms with E-state index in [1.54, 1.807) is 0 Å². The average Bonchev–Trinajstić information content (AvgIpc) is 2.23. The van der Waals surface area contributed by atoms with Crippen molar-refractivity contribution in [3.8, 4) is 0 Å². The molecule has 84 valence electrons. The van der Waals surface area contributed by atoms with Crippen LogP contribution in [0.1, 0.15) is 19.3 Å². The second-order valence-electron chi connectivity index (χ2n) is 2.76. The van der Waals surface area contributed by atoms with E-state index < -0.39 is 11.9 Å². The Balaban J connectivity index is 3.68. The lowest BCUT2D eigenvalue weighted by Crippen LogP contribution is -2.08. The van der Waals surface area contributed by atoms with Gasteiger partial charge in [0.1, 0.15) is 12.2 Å². The smallest absolute Gasteiger partial charge is 0.330 e. The van der Waals surface area contributed by atoms with Crippen LogP contribution >= 0.6 is 0 Å². The van der Waals surface area contributed by atoms with E-state index in [2.05, 4.69) is 9.47 Å². The molecule has 0 atom stereocenters. The highest BCUT2D eigenvalue weighted by Crippen LogP contribution is 1.98. The summed E-state index contributed by atoms with van der Waals surface area (Å²) in [6.45, 7) is 0. The maximum atomic E-state index is 11.1. The maximum Gasteiger partial charge on any atom is 0.330 e. The molecule has 0 aliphatic rings. The van der Waals surface area contributed by atoms with Gasteiger partial charge in [0.2, 0.25) is 0 Å². The normalized spacial score (nSPS) is 10.0. The fourth-order valence-electron chi connectivity index (χ4n) is 0.813. The first-order chi connectivity index (χ1) is 7.10. The summed E-state index contributed by atoms with van der Waals surface area (Å²) in [5.74, 6) is -1.22. The number of Topliss-reactive ketones (excluding diaryl/α,β-unsaturated/α-hetero) is 1. The molecule has 0 N–H and O–H groups in total. The molecule has 0 radical (unpaired) electrons. The Hall–Kier alpha value is -1.65. The molecule has 0 amide bonds. The third-order valence-electron chi connectivity index (χ3n) is 1.61. The molecule has 15 heavy (non-hydrogen) atoms. The number of hydrogen-bond donors (Lipinski definition) is 0. The fourth-order valence-corrected chi connectivity index (χ4v) is 0.813. The first-order valence-electron chi connectivity index (χ1n) is 4.43. The van der Waals surface area contributed by atoms with Gasteiger partial charge in [0.05, 0.1) is 14.2 Å². The van der Waals surface area contributed by atoms with Crippen LogP contribution in [-0.2, 0) is 23.9 Å². The molecule has 0 unspecified atom stereocenters. The van der Waals surface area contributed by atoms with Crippen molar-refractivity contribution in [2.75, 3.05) is 14.2 Å². The molecule has 0 heterocycles. The first-order valence-corrected chi connectivity index (χ1v) is 4.43. The second kappa shape index (κ2) is 7.73. The minimum absolute atomic E-state index is 0.211. The molecular formula is C10H14O5. The Morgan fingerprint density at radius 3 is 2.33 bits per heavy atom. The molecule has 0 aromatic heterocycles. The van der Waals surface area contributed by atoms with E-state index in [9.17, 15) is 14.4 Å². The summed E-state index contributed by atoms with van der Waals surface area (Å²) in [5.41, 5.74) is 0. The lowest BCUT2D eigenvalue weighted by molar-refractivity contribution is -0.143. The van der Waals surface area contributed by atoms with E-state index in [0.717, 1.165) is 0 Å². The van der Waals surface area contributed by atoms with Crippen LogP contribution in [0.15, 0.2) is 12.2 Å². The largest absolute Gasteiger partial charge is 0.469 e. The van der Waals surface area contributed by atoms with Crippen LogP contribution in [0.5, 0.6) is 0 Å². The Labute approximate surface area is 88.0 Å². The van der Waals surface area contributed by atoms with Gasteiger partial charge in [0.25, 0.3) is 0 Å². The molecule has 0 aliphatic carbocycles. The minimum atomic E-state index is -0.544. The third kappa shape index (κ3) is 7.42. The van der Waals surface area contributed by atoms with Gasteiger partial charge in [0, 0.05) is 12.5 Å². The van der Waals surface area contributed by atoms with Crippen molar-refractivity contribution >= 4 is 17.7 Å². The Morgan fingerprint density at radius 1 is 1.13 bits per heavy atom. The lowest BCUT2D eigenvalue weighted by Gasteiger charge is -1.96. The Morgan fingerprint density at radius 2 is 1.80 bits per heavy atom. The summed E-state index contributed by atoms with van der Waals surface area (Å²) in [6, 6.07) is 0. The number of ketones is 1. The topological polar surface area (TPSA) is 69.7 Å². The van der Waals surface area contributed by atoms with E-state index in [1.807, 2.05) is 0 Å². The van der Waals surface area contributed by atoms with Crippen LogP contribution in [0, 0.1) is 0 Å². The Kier molecular flexibility index (Phi) is 6.88. The van der Waals surface area contributed by atoms with Crippen LogP contribution in [0.3, 0.4) is 0 Å². The number of allylic oxidation sites excluding steroid dienone is 1. The molecule has 5 nitrogen and oxygen atoms in total. The van der Waals surface area contributed by atoms with Crippen molar-refractivity contribution in [2.24, 2.45) is 0 Å². The summed E-state index contributed by atoms with van der Waals surface area (Å²) in [5, 5.41) is 0. The van der Waals surface area contributed by atoms with Crippen LogP contribution in [0.25, 0.3) is 0 Å². The summed E-state index contributed by atoms with van der Waals surface area (Å²) < 4.78 is 8.69. The quantitative estimate of drug-likeness (QED) is 0.368. The predicted octanol–water partition coefficient (Wildman–Crippen LogP) is 0.628. The van der Waals surface area contributed by atoms with Gasteiger partial charge in [-0.2, -0.15) is 0 Å². The molecule has 0 aromatic carbocycles.